The Morgan fingerprint density at radius 2 is 1.78 bits per heavy atom. The first-order valence-corrected chi connectivity index (χ1v) is 16.2. The van der Waals surface area contributed by atoms with Crippen LogP contribution in [0.2, 0.25) is 0 Å². The van der Waals surface area contributed by atoms with Crippen molar-refractivity contribution in [3.05, 3.63) is 88.9 Å². The highest BCUT2D eigenvalue weighted by molar-refractivity contribution is 7.17. The van der Waals surface area contributed by atoms with Gasteiger partial charge in [0.2, 0.25) is 5.91 Å². The van der Waals surface area contributed by atoms with E-state index in [1.54, 1.807) is 24.3 Å². The maximum atomic E-state index is 14.8. The lowest BCUT2D eigenvalue weighted by Crippen LogP contribution is -2.48. The fraction of sp³-hybridized carbons (Fsp3) is 0.457. The summed E-state index contributed by atoms with van der Waals surface area (Å²) in [6.07, 6.45) is 16.6. The van der Waals surface area contributed by atoms with E-state index in [0.29, 0.717) is 23.1 Å². The van der Waals surface area contributed by atoms with Gasteiger partial charge in [-0.1, -0.05) is 82.1 Å². The lowest BCUT2D eigenvalue weighted by Gasteiger charge is -2.34. The Labute approximate surface area is 275 Å². The molecule has 1 fully saturated rings. The molecule has 2 aliphatic rings. The molecule has 2 aliphatic heterocycles. The van der Waals surface area contributed by atoms with Gasteiger partial charge in [0.1, 0.15) is 17.6 Å². The minimum absolute atomic E-state index is 0.0980. The van der Waals surface area contributed by atoms with Crippen molar-refractivity contribution in [1.82, 2.24) is 15.1 Å². The molecule has 45 heavy (non-hydrogen) atoms. The van der Waals surface area contributed by atoms with Gasteiger partial charge in [0, 0.05) is 24.9 Å². The average molecular weight is 666 g/mol. The smallest absolute Gasteiger partial charge is 0.408 e. The SMILES string of the molecule is C#C.CC.CCC(C)C(C(=O)NCc1ccc(C2CCN(C)CC2)cc1F)N1C=C(Cl)C=CC1.FC(F)(P)Oc1ccccc1. The molecule has 4 rings (SSSR count). The van der Waals surface area contributed by atoms with Crippen LogP contribution in [-0.2, 0) is 11.3 Å². The number of amides is 1. The maximum Gasteiger partial charge on any atom is 0.408 e. The normalized spacial score (nSPS) is 16.3. The fourth-order valence-electron chi connectivity index (χ4n) is 4.93. The van der Waals surface area contributed by atoms with Gasteiger partial charge in [0.05, 0.1) is 5.03 Å². The number of likely N-dealkylation sites (tertiary alicyclic amines) is 1. The van der Waals surface area contributed by atoms with Crippen LogP contribution < -0.4 is 10.1 Å². The Kier molecular flexibility index (Phi) is 18.6. The van der Waals surface area contributed by atoms with Crippen LogP contribution in [0.1, 0.15) is 64.0 Å². The number of carbonyl (C=O) groups is 1. The molecule has 0 radical (unpaired) electrons. The van der Waals surface area contributed by atoms with Crippen LogP contribution in [0.15, 0.2) is 71.9 Å². The summed E-state index contributed by atoms with van der Waals surface area (Å²) < 4.78 is 43.3. The third kappa shape index (κ3) is 14.3. The molecule has 0 aromatic heterocycles. The molecule has 3 unspecified atom stereocenters. The molecule has 2 heterocycles. The minimum atomic E-state index is -3.18. The molecule has 0 aliphatic carbocycles. The van der Waals surface area contributed by atoms with E-state index in [0.717, 1.165) is 37.9 Å². The molecule has 3 atom stereocenters. The summed E-state index contributed by atoms with van der Waals surface area (Å²) >= 11 is 6.14. The van der Waals surface area contributed by atoms with Gasteiger partial charge < -0.3 is 19.9 Å². The number of ether oxygens (including phenoxy) is 1. The Morgan fingerprint density at radius 3 is 2.31 bits per heavy atom. The number of carbonyl (C=O) groups excluding carboxylic acids is 1. The quantitative estimate of drug-likeness (QED) is 0.216. The van der Waals surface area contributed by atoms with Crippen molar-refractivity contribution in [3.63, 3.8) is 0 Å². The number of rotatable bonds is 9. The van der Waals surface area contributed by atoms with Gasteiger partial charge in [0.15, 0.2) is 0 Å². The van der Waals surface area contributed by atoms with E-state index in [-0.39, 0.29) is 36.0 Å². The van der Waals surface area contributed by atoms with Gasteiger partial charge in [0.25, 0.3) is 0 Å². The summed E-state index contributed by atoms with van der Waals surface area (Å²) in [4.78, 5) is 17.3. The van der Waals surface area contributed by atoms with Crippen molar-refractivity contribution >= 4 is 26.7 Å². The number of allylic oxidation sites excluding steroid dienone is 2. The van der Waals surface area contributed by atoms with Gasteiger partial charge in [-0.3, -0.25) is 4.79 Å². The monoisotopic (exact) mass is 665 g/mol. The zero-order valence-corrected chi connectivity index (χ0v) is 28.9. The van der Waals surface area contributed by atoms with Crippen LogP contribution in [0.5, 0.6) is 5.75 Å². The van der Waals surface area contributed by atoms with E-state index in [2.05, 4.69) is 48.7 Å². The molecule has 0 spiro atoms. The third-order valence-electron chi connectivity index (χ3n) is 7.41. The van der Waals surface area contributed by atoms with Crippen molar-refractivity contribution in [2.75, 3.05) is 26.7 Å². The number of piperidine rings is 1. The summed E-state index contributed by atoms with van der Waals surface area (Å²) in [7, 11) is 3.43. The summed E-state index contributed by atoms with van der Waals surface area (Å²) in [5.74, 6) is -2.80. The van der Waals surface area contributed by atoms with Crippen molar-refractivity contribution in [3.8, 4) is 18.6 Å². The Balaban J connectivity index is 0.000000563. The van der Waals surface area contributed by atoms with Crippen LogP contribution in [0.3, 0.4) is 0 Å². The predicted octanol–water partition coefficient (Wildman–Crippen LogP) is 8.38. The maximum absolute atomic E-state index is 14.8. The van der Waals surface area contributed by atoms with E-state index < -0.39 is 5.85 Å². The number of nitrogens with zero attached hydrogens (tertiary/aromatic N) is 2. The molecule has 248 valence electrons. The molecular weight excluding hydrogens is 618 g/mol. The van der Waals surface area contributed by atoms with E-state index in [4.69, 9.17) is 11.6 Å². The second-order valence-electron chi connectivity index (χ2n) is 10.6. The lowest BCUT2D eigenvalue weighted by molar-refractivity contribution is -0.127. The number of hydrogen-bond donors (Lipinski definition) is 1. The first-order chi connectivity index (χ1) is 21.5. The second-order valence-corrected chi connectivity index (χ2v) is 11.7. The van der Waals surface area contributed by atoms with Gasteiger partial charge in [-0.25, -0.2) is 4.39 Å². The molecule has 1 saturated heterocycles. The Hall–Kier alpha value is -2.98. The topological polar surface area (TPSA) is 44.8 Å². The molecule has 2 aromatic carbocycles. The first kappa shape index (κ1) is 40.0. The predicted molar refractivity (Wildman–Crippen MR) is 184 cm³/mol. The summed E-state index contributed by atoms with van der Waals surface area (Å²) in [5.41, 5.74) is 1.59. The van der Waals surface area contributed by atoms with Crippen molar-refractivity contribution in [2.24, 2.45) is 5.92 Å². The van der Waals surface area contributed by atoms with Gasteiger partial charge in [-0.15, -0.1) is 12.8 Å². The van der Waals surface area contributed by atoms with Crippen molar-refractivity contribution in [1.29, 1.82) is 0 Å². The molecule has 1 amide bonds. The van der Waals surface area contributed by atoms with E-state index >= 15 is 0 Å². The molecule has 1 N–H and O–H groups in total. The van der Waals surface area contributed by atoms with Gasteiger partial charge in [-0.2, -0.15) is 8.78 Å². The van der Waals surface area contributed by atoms with Gasteiger partial charge in [-0.05, 0) is 83.9 Å². The van der Waals surface area contributed by atoms with E-state index in [9.17, 15) is 18.0 Å². The van der Waals surface area contributed by atoms with E-state index in [1.165, 1.54) is 21.4 Å². The van der Waals surface area contributed by atoms with Gasteiger partial charge >= 0.3 is 5.85 Å². The number of nitrogens with one attached hydrogen (secondary N) is 1. The first-order valence-electron chi connectivity index (χ1n) is 15.2. The standard InChI is InChI=1S/C24H33ClFN3O.C7H7F2OP.C2H6.C2H2/c1-4-17(2)23(29-11-5-6-21(25)16-29)24(30)27-15-20-8-7-19(14-22(20)26)18-9-12-28(3)13-10-18;8-7(9,11)10-6-4-2-1-3-5-6;2*1-2/h5-8,14,16-18,23H,4,9-13,15H2,1-3H3,(H,27,30);1-5H,11H2;1-2H3;1-2H. The van der Waals surface area contributed by atoms with Crippen molar-refractivity contribution in [2.45, 2.75) is 71.3 Å². The van der Waals surface area contributed by atoms with Crippen LogP contribution >= 0.6 is 20.8 Å². The third-order valence-corrected chi connectivity index (χ3v) is 7.75. The minimum Gasteiger partial charge on any atom is -0.430 e. The average Bonchev–Trinajstić information content (AvgIpc) is 3.03. The highest BCUT2D eigenvalue weighted by Crippen LogP contribution is 2.29. The highest BCUT2D eigenvalue weighted by atomic mass is 35.5. The lowest BCUT2D eigenvalue weighted by atomic mass is 9.89. The number of benzene rings is 2. The highest BCUT2D eigenvalue weighted by Gasteiger charge is 2.29. The number of hydrogen-bond acceptors (Lipinski definition) is 4. The number of halogens is 4. The molecule has 2 aromatic rings. The molecule has 0 saturated carbocycles. The zero-order chi connectivity index (χ0) is 34.0. The Morgan fingerprint density at radius 1 is 1.16 bits per heavy atom. The number of terminal acetylenes is 1. The number of alkyl halides is 2. The summed E-state index contributed by atoms with van der Waals surface area (Å²) in [6, 6.07) is 13.1. The van der Waals surface area contributed by atoms with E-state index in [1.807, 2.05) is 49.2 Å². The van der Waals surface area contributed by atoms with Crippen LogP contribution in [-0.4, -0.2) is 54.3 Å². The fourth-order valence-corrected chi connectivity index (χ4v) is 5.28. The second kappa shape index (κ2) is 20.9. The van der Waals surface area contributed by atoms with Crippen molar-refractivity contribution < 1.29 is 22.7 Å². The Bertz CT molecular complexity index is 1230. The summed E-state index contributed by atoms with van der Waals surface area (Å²) in [6.45, 7) is 11.0. The zero-order valence-electron chi connectivity index (χ0n) is 27.0. The van der Waals surface area contributed by atoms with Crippen LogP contribution in [0, 0.1) is 24.6 Å². The summed E-state index contributed by atoms with van der Waals surface area (Å²) in [5, 5.41) is 3.56. The largest absolute Gasteiger partial charge is 0.430 e. The molecular formula is C35H48ClF3N3O2P. The molecule has 0 bridgehead atoms. The number of para-hydroxylation sites is 1. The van der Waals surface area contributed by atoms with Crippen LogP contribution in [0.25, 0.3) is 0 Å². The molecule has 10 heteroatoms. The van der Waals surface area contributed by atoms with Crippen LogP contribution in [0.4, 0.5) is 13.2 Å². The molecule has 5 nitrogen and oxygen atoms in total.